The molecule has 0 radical (unpaired) electrons. The highest BCUT2D eigenvalue weighted by atomic mass is 16.5. The summed E-state index contributed by atoms with van der Waals surface area (Å²) in [6, 6.07) is 19.6. The lowest BCUT2D eigenvalue weighted by molar-refractivity contribution is -0.0474. The highest BCUT2D eigenvalue weighted by Gasteiger charge is 2.40. The molecule has 0 saturated carbocycles. The fraction of sp³-hybridized carbons (Fsp3) is 0.520. The van der Waals surface area contributed by atoms with Crippen molar-refractivity contribution in [3.63, 3.8) is 0 Å². The van der Waals surface area contributed by atoms with E-state index < -0.39 is 0 Å². The van der Waals surface area contributed by atoms with Crippen LogP contribution < -0.4 is 10.1 Å². The standard InChI is InChI=1S/C25H35NO2/c1-19(2)24-18-25(15-17-28-24,22-12-8-9-13-23(22)27-4)14-16-26-20(3)21-10-6-5-7-11-21/h5-13,19-20,24,26H,14-18H2,1-4H3/t20-,24+,25-/m0/s1. The summed E-state index contributed by atoms with van der Waals surface area (Å²) in [5.74, 6) is 1.52. The monoisotopic (exact) mass is 381 g/mol. The smallest absolute Gasteiger partial charge is 0.122 e. The van der Waals surface area contributed by atoms with Crippen LogP contribution in [0.1, 0.15) is 57.2 Å². The average Bonchev–Trinajstić information content (AvgIpc) is 2.74. The number of benzene rings is 2. The van der Waals surface area contributed by atoms with Gasteiger partial charge in [-0.3, -0.25) is 0 Å². The van der Waals surface area contributed by atoms with E-state index in [2.05, 4.69) is 80.7 Å². The van der Waals surface area contributed by atoms with Gasteiger partial charge in [0.15, 0.2) is 0 Å². The maximum absolute atomic E-state index is 6.13. The summed E-state index contributed by atoms with van der Waals surface area (Å²) < 4.78 is 11.9. The van der Waals surface area contributed by atoms with E-state index >= 15 is 0 Å². The third-order valence-electron chi connectivity index (χ3n) is 6.28. The molecule has 1 fully saturated rings. The van der Waals surface area contributed by atoms with Gasteiger partial charge in [0.2, 0.25) is 0 Å². The van der Waals surface area contributed by atoms with Gasteiger partial charge in [-0.15, -0.1) is 0 Å². The van der Waals surface area contributed by atoms with Crippen LogP contribution in [0.15, 0.2) is 54.6 Å². The van der Waals surface area contributed by atoms with Crippen LogP contribution in [0.4, 0.5) is 0 Å². The first-order chi connectivity index (χ1) is 13.6. The van der Waals surface area contributed by atoms with Gasteiger partial charge >= 0.3 is 0 Å². The van der Waals surface area contributed by atoms with Crippen molar-refractivity contribution in [3.05, 3.63) is 65.7 Å². The molecule has 1 aliphatic heterocycles. The summed E-state index contributed by atoms with van der Waals surface area (Å²) in [5.41, 5.74) is 2.75. The molecule has 28 heavy (non-hydrogen) atoms. The van der Waals surface area contributed by atoms with Crippen LogP contribution in [-0.4, -0.2) is 26.4 Å². The minimum atomic E-state index is 0.0865. The quantitative estimate of drug-likeness (QED) is 0.654. The lowest BCUT2D eigenvalue weighted by atomic mass is 9.68. The Bertz CT molecular complexity index is 730. The van der Waals surface area contributed by atoms with E-state index in [9.17, 15) is 0 Å². The van der Waals surface area contributed by atoms with Gasteiger partial charge in [-0.1, -0.05) is 62.4 Å². The Hall–Kier alpha value is -1.84. The van der Waals surface area contributed by atoms with Crippen molar-refractivity contribution in [1.82, 2.24) is 5.32 Å². The molecule has 3 atom stereocenters. The van der Waals surface area contributed by atoms with E-state index in [1.165, 1.54) is 11.1 Å². The third-order valence-corrected chi connectivity index (χ3v) is 6.28. The van der Waals surface area contributed by atoms with Crippen LogP contribution in [0.25, 0.3) is 0 Å². The highest BCUT2D eigenvalue weighted by Crippen LogP contribution is 2.45. The van der Waals surface area contributed by atoms with E-state index in [0.717, 1.165) is 38.2 Å². The molecule has 1 saturated heterocycles. The first-order valence-electron chi connectivity index (χ1n) is 10.6. The Morgan fingerprint density at radius 3 is 2.50 bits per heavy atom. The molecule has 1 aliphatic rings. The van der Waals surface area contributed by atoms with Gasteiger partial charge in [-0.05, 0) is 50.3 Å². The van der Waals surface area contributed by atoms with Crippen molar-refractivity contribution in [1.29, 1.82) is 0 Å². The Balaban J connectivity index is 1.79. The highest BCUT2D eigenvalue weighted by molar-refractivity contribution is 5.40. The maximum atomic E-state index is 6.13. The Kier molecular flexibility index (Phi) is 7.14. The minimum Gasteiger partial charge on any atom is -0.496 e. The molecule has 0 unspecified atom stereocenters. The molecular weight excluding hydrogens is 346 g/mol. The zero-order valence-electron chi connectivity index (χ0n) is 17.8. The van der Waals surface area contributed by atoms with Crippen molar-refractivity contribution >= 4 is 0 Å². The summed E-state index contributed by atoms with van der Waals surface area (Å²) in [6.07, 6.45) is 3.46. The lowest BCUT2D eigenvalue weighted by Gasteiger charge is -2.43. The molecule has 152 valence electrons. The Labute approximate surface area is 170 Å². The first kappa shape index (κ1) is 20.9. The zero-order chi connectivity index (χ0) is 20.0. The fourth-order valence-corrected chi connectivity index (χ4v) is 4.46. The molecule has 0 aliphatic carbocycles. The summed E-state index contributed by atoms with van der Waals surface area (Å²) in [7, 11) is 1.78. The molecule has 1 N–H and O–H groups in total. The van der Waals surface area contributed by atoms with Crippen LogP contribution in [0, 0.1) is 5.92 Å². The third kappa shape index (κ3) is 4.76. The Morgan fingerprint density at radius 2 is 1.79 bits per heavy atom. The van der Waals surface area contributed by atoms with E-state index in [1.54, 1.807) is 7.11 Å². The zero-order valence-corrected chi connectivity index (χ0v) is 17.8. The minimum absolute atomic E-state index is 0.0865. The van der Waals surface area contributed by atoms with Crippen LogP contribution in [0.3, 0.4) is 0 Å². The number of ether oxygens (including phenoxy) is 2. The summed E-state index contributed by atoms with van der Waals surface area (Å²) in [4.78, 5) is 0. The van der Waals surface area contributed by atoms with Gasteiger partial charge in [0, 0.05) is 23.6 Å². The van der Waals surface area contributed by atoms with E-state index in [-0.39, 0.29) is 5.41 Å². The van der Waals surface area contributed by atoms with Crippen molar-refractivity contribution in [2.45, 2.75) is 57.6 Å². The van der Waals surface area contributed by atoms with Gasteiger partial charge in [0.25, 0.3) is 0 Å². The number of methoxy groups -OCH3 is 1. The normalized spacial score (nSPS) is 23.5. The van der Waals surface area contributed by atoms with E-state index in [0.29, 0.717) is 18.1 Å². The molecule has 0 bridgehead atoms. The second kappa shape index (κ2) is 9.58. The van der Waals surface area contributed by atoms with Crippen molar-refractivity contribution < 1.29 is 9.47 Å². The summed E-state index contributed by atoms with van der Waals surface area (Å²) >= 11 is 0. The van der Waals surface area contributed by atoms with Crippen molar-refractivity contribution in [3.8, 4) is 5.75 Å². The number of hydrogen-bond acceptors (Lipinski definition) is 3. The van der Waals surface area contributed by atoms with Crippen LogP contribution in [0.2, 0.25) is 0 Å². The summed E-state index contributed by atoms with van der Waals surface area (Å²) in [5, 5.41) is 3.74. The lowest BCUT2D eigenvalue weighted by Crippen LogP contribution is -2.43. The molecule has 3 rings (SSSR count). The fourth-order valence-electron chi connectivity index (χ4n) is 4.46. The molecule has 0 aromatic heterocycles. The van der Waals surface area contributed by atoms with E-state index in [4.69, 9.17) is 9.47 Å². The number of para-hydroxylation sites is 1. The molecule has 1 heterocycles. The van der Waals surface area contributed by atoms with Gasteiger partial charge in [0.05, 0.1) is 13.2 Å². The Morgan fingerprint density at radius 1 is 1.07 bits per heavy atom. The predicted molar refractivity (Wildman–Crippen MR) is 116 cm³/mol. The van der Waals surface area contributed by atoms with Crippen molar-refractivity contribution in [2.24, 2.45) is 5.92 Å². The molecule has 2 aromatic carbocycles. The van der Waals surface area contributed by atoms with Crippen LogP contribution >= 0.6 is 0 Å². The molecular formula is C25H35NO2. The van der Waals surface area contributed by atoms with Gasteiger partial charge < -0.3 is 14.8 Å². The van der Waals surface area contributed by atoms with Crippen LogP contribution in [-0.2, 0) is 10.2 Å². The second-order valence-corrected chi connectivity index (χ2v) is 8.42. The topological polar surface area (TPSA) is 30.5 Å². The molecule has 2 aromatic rings. The first-order valence-corrected chi connectivity index (χ1v) is 10.6. The van der Waals surface area contributed by atoms with Gasteiger partial charge in [0.1, 0.15) is 5.75 Å². The molecule has 3 nitrogen and oxygen atoms in total. The van der Waals surface area contributed by atoms with E-state index in [1.807, 2.05) is 0 Å². The molecule has 3 heteroatoms. The SMILES string of the molecule is COc1ccccc1[C@@]1(CCN[C@@H](C)c2ccccc2)CCO[C@@H](C(C)C)C1. The van der Waals surface area contributed by atoms with Crippen molar-refractivity contribution in [2.75, 3.05) is 20.3 Å². The number of nitrogens with one attached hydrogen (secondary N) is 1. The molecule has 0 spiro atoms. The molecule has 0 amide bonds. The van der Waals surface area contributed by atoms with Gasteiger partial charge in [-0.25, -0.2) is 0 Å². The second-order valence-electron chi connectivity index (χ2n) is 8.42. The largest absolute Gasteiger partial charge is 0.496 e. The predicted octanol–water partition coefficient (Wildman–Crippen LogP) is 5.51. The number of rotatable bonds is 8. The van der Waals surface area contributed by atoms with Gasteiger partial charge in [-0.2, -0.15) is 0 Å². The maximum Gasteiger partial charge on any atom is 0.122 e. The number of hydrogen-bond donors (Lipinski definition) is 1. The average molecular weight is 382 g/mol. The van der Waals surface area contributed by atoms with Crippen LogP contribution in [0.5, 0.6) is 5.75 Å². The summed E-state index contributed by atoms with van der Waals surface area (Å²) in [6.45, 7) is 8.55.